The highest BCUT2D eigenvalue weighted by Gasteiger charge is 2.32. The number of aliphatic carboxylic acids is 1. The second-order valence-electron chi connectivity index (χ2n) is 5.72. The molecule has 0 spiro atoms. The number of hydrogen-bond acceptors (Lipinski definition) is 4. The molecule has 2 aliphatic heterocycles. The Bertz CT molecular complexity index is 542. The van der Waals surface area contributed by atoms with Crippen LogP contribution in [0.4, 0.5) is 0 Å². The van der Waals surface area contributed by atoms with Crippen molar-refractivity contribution in [2.24, 2.45) is 0 Å². The van der Waals surface area contributed by atoms with E-state index >= 15 is 0 Å². The van der Waals surface area contributed by atoms with E-state index in [-0.39, 0.29) is 12.3 Å². The molecule has 0 bridgehead atoms. The first-order valence-electron chi connectivity index (χ1n) is 7.41. The number of carboxylic acid groups (broad SMARTS) is 1. The van der Waals surface area contributed by atoms with Gasteiger partial charge < -0.3 is 10.0 Å². The largest absolute Gasteiger partial charge is 0.481 e. The number of carbonyl (C=O) groups excluding carboxylic acids is 1. The van der Waals surface area contributed by atoms with Gasteiger partial charge in [0.25, 0.3) is 5.91 Å². The Labute approximate surface area is 123 Å². The third-order valence-corrected chi connectivity index (χ3v) is 4.31. The summed E-state index contributed by atoms with van der Waals surface area (Å²) in [6.07, 6.45) is 5.58. The third kappa shape index (κ3) is 3.07. The molecule has 2 aliphatic rings. The number of aryl methyl sites for hydroxylation is 1. The number of piperazine rings is 1. The molecule has 7 nitrogen and oxygen atoms in total. The predicted octanol–water partition coefficient (Wildman–Crippen LogP) is 0.278. The molecule has 1 aromatic rings. The molecule has 3 rings (SSSR count). The number of amides is 1. The zero-order valence-corrected chi connectivity index (χ0v) is 11.9. The summed E-state index contributed by atoms with van der Waals surface area (Å²) in [4.78, 5) is 27.4. The van der Waals surface area contributed by atoms with Gasteiger partial charge in [0, 0.05) is 31.9 Å². The molecule has 1 amide bonds. The average molecular weight is 292 g/mol. The van der Waals surface area contributed by atoms with Gasteiger partial charge in [-0.1, -0.05) is 0 Å². The van der Waals surface area contributed by atoms with Crippen molar-refractivity contribution in [1.82, 2.24) is 19.6 Å². The fraction of sp³-hybridized carbons (Fsp3) is 0.643. The van der Waals surface area contributed by atoms with Gasteiger partial charge in [-0.25, -0.2) is 0 Å². The highest BCUT2D eigenvalue weighted by Crippen LogP contribution is 2.22. The molecule has 2 fully saturated rings. The van der Waals surface area contributed by atoms with Gasteiger partial charge >= 0.3 is 5.97 Å². The highest BCUT2D eigenvalue weighted by atomic mass is 16.4. The minimum atomic E-state index is -0.865. The van der Waals surface area contributed by atoms with Crippen molar-refractivity contribution >= 4 is 11.9 Å². The lowest BCUT2D eigenvalue weighted by Gasteiger charge is -2.37. The Morgan fingerprint density at radius 3 is 3.00 bits per heavy atom. The van der Waals surface area contributed by atoms with Crippen LogP contribution in [-0.4, -0.2) is 68.8 Å². The summed E-state index contributed by atoms with van der Waals surface area (Å²) in [7, 11) is 0. The van der Waals surface area contributed by atoms with E-state index in [4.69, 9.17) is 5.11 Å². The van der Waals surface area contributed by atoms with E-state index < -0.39 is 5.97 Å². The van der Waals surface area contributed by atoms with E-state index in [2.05, 4.69) is 10.00 Å². The van der Waals surface area contributed by atoms with Crippen LogP contribution in [-0.2, 0) is 11.3 Å². The number of hydrogen-bond donors (Lipinski definition) is 1. The number of carbonyl (C=O) groups is 2. The number of nitrogens with zero attached hydrogens (tertiary/aromatic N) is 4. The lowest BCUT2D eigenvalue weighted by molar-refractivity contribution is -0.137. The van der Waals surface area contributed by atoms with Crippen LogP contribution in [0, 0.1) is 0 Å². The second-order valence-corrected chi connectivity index (χ2v) is 5.72. The van der Waals surface area contributed by atoms with E-state index in [1.807, 2.05) is 4.90 Å². The first-order valence-corrected chi connectivity index (χ1v) is 7.41. The fourth-order valence-electron chi connectivity index (χ4n) is 3.16. The molecule has 0 aromatic carbocycles. The molecule has 7 heteroatoms. The van der Waals surface area contributed by atoms with Crippen molar-refractivity contribution in [2.45, 2.75) is 31.8 Å². The third-order valence-electron chi connectivity index (χ3n) is 4.31. The van der Waals surface area contributed by atoms with E-state index in [0.29, 0.717) is 18.2 Å². The average Bonchev–Trinajstić information content (AvgIpc) is 3.12. The first kappa shape index (κ1) is 14.1. The number of rotatable bonds is 4. The van der Waals surface area contributed by atoms with Gasteiger partial charge in [-0.3, -0.25) is 19.2 Å². The summed E-state index contributed by atoms with van der Waals surface area (Å²) >= 11 is 0. The van der Waals surface area contributed by atoms with Gasteiger partial charge in [0.2, 0.25) is 0 Å². The van der Waals surface area contributed by atoms with Crippen LogP contribution in [0.3, 0.4) is 0 Å². The summed E-state index contributed by atoms with van der Waals surface area (Å²) in [6.45, 7) is 3.94. The smallest absolute Gasteiger partial charge is 0.305 e. The minimum absolute atomic E-state index is 0.00289. The van der Waals surface area contributed by atoms with Gasteiger partial charge in [0.05, 0.1) is 24.7 Å². The maximum Gasteiger partial charge on any atom is 0.305 e. The molecular weight excluding hydrogens is 272 g/mol. The minimum Gasteiger partial charge on any atom is -0.481 e. The van der Waals surface area contributed by atoms with Gasteiger partial charge in [-0.2, -0.15) is 5.10 Å². The summed E-state index contributed by atoms with van der Waals surface area (Å²) in [6, 6.07) is 0.504. The number of carboxylic acids is 1. The zero-order valence-electron chi connectivity index (χ0n) is 11.9. The highest BCUT2D eigenvalue weighted by molar-refractivity contribution is 5.93. The monoisotopic (exact) mass is 292 g/mol. The van der Waals surface area contributed by atoms with E-state index in [0.717, 1.165) is 26.2 Å². The Morgan fingerprint density at radius 2 is 2.19 bits per heavy atom. The summed E-state index contributed by atoms with van der Waals surface area (Å²) in [5.41, 5.74) is 0.548. The van der Waals surface area contributed by atoms with E-state index in [1.54, 1.807) is 6.20 Å². The Kier molecular flexibility index (Phi) is 3.92. The van der Waals surface area contributed by atoms with Crippen LogP contribution >= 0.6 is 0 Å². The maximum absolute atomic E-state index is 12.5. The maximum atomic E-state index is 12.5. The van der Waals surface area contributed by atoms with Gasteiger partial charge in [0.1, 0.15) is 0 Å². The number of fused-ring (bicyclic) bond motifs is 1. The summed E-state index contributed by atoms with van der Waals surface area (Å²) < 4.78 is 1.52. The van der Waals surface area contributed by atoms with Crippen molar-refractivity contribution < 1.29 is 14.7 Å². The van der Waals surface area contributed by atoms with Gasteiger partial charge in [-0.15, -0.1) is 0 Å². The van der Waals surface area contributed by atoms with Crippen molar-refractivity contribution in [1.29, 1.82) is 0 Å². The molecule has 3 heterocycles. The molecular formula is C14H20N4O3. The second kappa shape index (κ2) is 5.85. The van der Waals surface area contributed by atoms with Crippen LogP contribution in [0.15, 0.2) is 12.4 Å². The molecule has 114 valence electrons. The topological polar surface area (TPSA) is 78.7 Å². The first-order chi connectivity index (χ1) is 10.1. The van der Waals surface area contributed by atoms with Gasteiger partial charge in [0.15, 0.2) is 0 Å². The molecule has 0 radical (unpaired) electrons. The summed E-state index contributed by atoms with van der Waals surface area (Å²) in [5, 5.41) is 12.7. The predicted molar refractivity (Wildman–Crippen MR) is 75.0 cm³/mol. The van der Waals surface area contributed by atoms with E-state index in [9.17, 15) is 9.59 Å². The Balaban J connectivity index is 1.61. The van der Waals surface area contributed by atoms with Crippen LogP contribution in [0.2, 0.25) is 0 Å². The van der Waals surface area contributed by atoms with Crippen molar-refractivity contribution in [2.75, 3.05) is 26.2 Å². The van der Waals surface area contributed by atoms with Crippen molar-refractivity contribution in [3.05, 3.63) is 18.0 Å². The molecule has 21 heavy (non-hydrogen) atoms. The molecule has 2 saturated heterocycles. The van der Waals surface area contributed by atoms with Crippen LogP contribution < -0.4 is 0 Å². The molecule has 1 aromatic heterocycles. The lowest BCUT2D eigenvalue weighted by atomic mass is 10.1. The molecule has 1 N–H and O–H groups in total. The number of aromatic nitrogens is 2. The van der Waals surface area contributed by atoms with Crippen molar-refractivity contribution in [3.63, 3.8) is 0 Å². The SMILES string of the molecule is O=C(O)CCn1cc(C(=O)N2CCN3CCCC3C2)cn1. The normalized spacial score (nSPS) is 22.3. The Hall–Kier alpha value is -1.89. The van der Waals surface area contributed by atoms with E-state index in [1.165, 1.54) is 23.7 Å². The van der Waals surface area contributed by atoms with Crippen LogP contribution in [0.5, 0.6) is 0 Å². The zero-order chi connectivity index (χ0) is 14.8. The van der Waals surface area contributed by atoms with Crippen LogP contribution in [0.1, 0.15) is 29.6 Å². The molecule has 0 aliphatic carbocycles. The molecule has 0 saturated carbocycles. The van der Waals surface area contributed by atoms with Crippen molar-refractivity contribution in [3.8, 4) is 0 Å². The molecule has 1 unspecified atom stereocenters. The molecule has 1 atom stereocenters. The lowest BCUT2D eigenvalue weighted by Crippen LogP contribution is -2.52. The quantitative estimate of drug-likeness (QED) is 0.862. The summed E-state index contributed by atoms with van der Waals surface area (Å²) in [5.74, 6) is -0.862. The fourth-order valence-corrected chi connectivity index (χ4v) is 3.16. The standard InChI is InChI=1S/C14H20N4O3/c19-13(20)3-5-18-9-11(8-15-18)14(21)17-7-6-16-4-1-2-12(16)10-17/h8-9,12H,1-7,10H2,(H,19,20). The van der Waals surface area contributed by atoms with Crippen LogP contribution in [0.25, 0.3) is 0 Å². The van der Waals surface area contributed by atoms with Gasteiger partial charge in [-0.05, 0) is 19.4 Å². The Morgan fingerprint density at radius 1 is 1.33 bits per heavy atom.